The number of benzene rings is 3. The zero-order valence-electron chi connectivity index (χ0n) is 15.9. The average Bonchev–Trinajstić information content (AvgIpc) is 3.04. The van der Waals surface area contributed by atoms with Crippen LogP contribution in [0.25, 0.3) is 5.76 Å². The number of Topliss-reactive ketones (excluding diaryl/α,β-unsaturated/α-hetero) is 1. The van der Waals surface area contributed by atoms with Gasteiger partial charge in [0.25, 0.3) is 17.4 Å². The molecule has 4 rings (SSSR count). The molecule has 7 nitrogen and oxygen atoms in total. The summed E-state index contributed by atoms with van der Waals surface area (Å²) < 4.78 is 0. The van der Waals surface area contributed by atoms with Crippen LogP contribution in [0.15, 0.2) is 84.4 Å². The number of ketones is 1. The van der Waals surface area contributed by atoms with E-state index in [2.05, 4.69) is 0 Å². The minimum absolute atomic E-state index is 0.101. The monoisotopic (exact) mass is 434 g/mol. The molecule has 1 unspecified atom stereocenters. The average molecular weight is 435 g/mol. The van der Waals surface area contributed by atoms with E-state index in [1.54, 1.807) is 54.6 Å². The van der Waals surface area contributed by atoms with E-state index in [0.29, 0.717) is 10.6 Å². The van der Waals surface area contributed by atoms with Crippen LogP contribution in [-0.4, -0.2) is 21.7 Å². The summed E-state index contributed by atoms with van der Waals surface area (Å²) in [6.45, 7) is 0. The number of aliphatic hydroxyl groups excluding tert-OH is 1. The quantitative estimate of drug-likeness (QED) is 0.207. The number of aliphatic hydroxyl groups is 1. The van der Waals surface area contributed by atoms with E-state index in [1.807, 2.05) is 0 Å². The van der Waals surface area contributed by atoms with Gasteiger partial charge in [0.1, 0.15) is 11.8 Å². The van der Waals surface area contributed by atoms with Gasteiger partial charge in [-0.15, -0.1) is 0 Å². The van der Waals surface area contributed by atoms with E-state index in [9.17, 15) is 24.8 Å². The number of amides is 1. The third-order valence-electron chi connectivity index (χ3n) is 5.01. The second-order valence-electron chi connectivity index (χ2n) is 6.83. The van der Waals surface area contributed by atoms with Crippen LogP contribution in [0.2, 0.25) is 5.02 Å². The summed E-state index contributed by atoms with van der Waals surface area (Å²) in [5.74, 6) is -2.26. The van der Waals surface area contributed by atoms with E-state index >= 15 is 0 Å². The van der Waals surface area contributed by atoms with Crippen LogP contribution in [0.1, 0.15) is 17.2 Å². The third kappa shape index (κ3) is 3.55. The van der Waals surface area contributed by atoms with E-state index in [-0.39, 0.29) is 22.5 Å². The number of hydrogen-bond donors (Lipinski definition) is 1. The van der Waals surface area contributed by atoms with Crippen LogP contribution in [0.3, 0.4) is 0 Å². The Balaban J connectivity index is 2.02. The van der Waals surface area contributed by atoms with Crippen molar-refractivity contribution in [2.75, 3.05) is 4.90 Å². The SMILES string of the molecule is O=C1C(=O)N(c2cccc(Cl)c2)C(c2ccccc2[N+](=O)[O-])/C1=C(/O)c1ccccc1. The smallest absolute Gasteiger partial charge is 0.300 e. The second-order valence-corrected chi connectivity index (χ2v) is 7.27. The highest BCUT2D eigenvalue weighted by molar-refractivity contribution is 6.52. The van der Waals surface area contributed by atoms with Gasteiger partial charge < -0.3 is 5.11 Å². The number of carbonyl (C=O) groups excluding carboxylic acids is 2. The molecular formula is C23H15ClN2O5. The Morgan fingerprint density at radius 2 is 1.65 bits per heavy atom. The highest BCUT2D eigenvalue weighted by Gasteiger charge is 2.48. The molecule has 0 radical (unpaired) electrons. The fourth-order valence-corrected chi connectivity index (χ4v) is 3.84. The molecule has 1 aliphatic rings. The molecule has 1 heterocycles. The lowest BCUT2D eigenvalue weighted by atomic mass is 9.94. The van der Waals surface area contributed by atoms with Crippen LogP contribution in [0, 0.1) is 10.1 Å². The lowest BCUT2D eigenvalue weighted by Crippen LogP contribution is -2.29. The Labute approximate surface area is 182 Å². The zero-order chi connectivity index (χ0) is 22.1. The molecule has 3 aromatic rings. The van der Waals surface area contributed by atoms with E-state index in [4.69, 9.17) is 11.6 Å². The number of halogens is 1. The second kappa shape index (κ2) is 8.04. The number of hydrogen-bond acceptors (Lipinski definition) is 5. The fraction of sp³-hybridized carbons (Fsp3) is 0.0435. The highest BCUT2D eigenvalue weighted by Crippen LogP contribution is 2.45. The van der Waals surface area contributed by atoms with E-state index < -0.39 is 28.4 Å². The summed E-state index contributed by atoms with van der Waals surface area (Å²) in [6, 6.07) is 19.1. The lowest BCUT2D eigenvalue weighted by molar-refractivity contribution is -0.385. The molecule has 0 bridgehead atoms. The van der Waals surface area contributed by atoms with Crippen molar-refractivity contribution in [3.05, 3.63) is 111 Å². The van der Waals surface area contributed by atoms with Crippen molar-refractivity contribution in [2.24, 2.45) is 0 Å². The van der Waals surface area contributed by atoms with Crippen molar-refractivity contribution in [2.45, 2.75) is 6.04 Å². The van der Waals surface area contributed by atoms with Gasteiger partial charge in [-0.1, -0.05) is 60.1 Å². The predicted octanol–water partition coefficient (Wildman–Crippen LogP) is 4.87. The van der Waals surface area contributed by atoms with Crippen molar-refractivity contribution in [1.29, 1.82) is 0 Å². The largest absolute Gasteiger partial charge is 0.507 e. The van der Waals surface area contributed by atoms with Gasteiger partial charge in [0.2, 0.25) is 0 Å². The third-order valence-corrected chi connectivity index (χ3v) is 5.24. The first-order valence-corrected chi connectivity index (χ1v) is 9.63. The molecular weight excluding hydrogens is 420 g/mol. The molecule has 31 heavy (non-hydrogen) atoms. The van der Waals surface area contributed by atoms with Gasteiger partial charge in [0.15, 0.2) is 0 Å². The maximum Gasteiger partial charge on any atom is 0.300 e. The molecule has 1 atom stereocenters. The van der Waals surface area contributed by atoms with Crippen molar-refractivity contribution in [3.63, 3.8) is 0 Å². The molecule has 0 spiro atoms. The number of nitro groups is 1. The van der Waals surface area contributed by atoms with Crippen molar-refractivity contribution >= 4 is 40.4 Å². The Hall–Kier alpha value is -3.97. The maximum atomic E-state index is 13.0. The van der Waals surface area contributed by atoms with Gasteiger partial charge in [0, 0.05) is 22.3 Å². The minimum Gasteiger partial charge on any atom is -0.507 e. The number of nitrogens with zero attached hydrogens (tertiary/aromatic N) is 2. The minimum atomic E-state index is -1.21. The van der Waals surface area contributed by atoms with Gasteiger partial charge in [-0.05, 0) is 24.3 Å². The number of para-hydroxylation sites is 1. The molecule has 0 aromatic heterocycles. The van der Waals surface area contributed by atoms with Gasteiger partial charge in [-0.2, -0.15) is 0 Å². The number of anilines is 1. The molecule has 0 aliphatic carbocycles. The van der Waals surface area contributed by atoms with Gasteiger partial charge in [-0.3, -0.25) is 24.6 Å². The van der Waals surface area contributed by atoms with Crippen LogP contribution >= 0.6 is 11.6 Å². The number of nitro benzene ring substituents is 1. The lowest BCUT2D eigenvalue weighted by Gasteiger charge is -2.25. The summed E-state index contributed by atoms with van der Waals surface area (Å²) in [4.78, 5) is 38.3. The summed E-state index contributed by atoms with van der Waals surface area (Å²) in [6.07, 6.45) is 0. The molecule has 1 N–H and O–H groups in total. The normalized spacial score (nSPS) is 17.7. The standard InChI is InChI=1S/C23H15ClN2O5/c24-15-9-6-10-16(13-15)25-20(17-11-4-5-12-18(17)26(30)31)19(22(28)23(25)29)21(27)14-7-2-1-3-8-14/h1-13,20,27H/b21-19-. The van der Waals surface area contributed by atoms with Crippen molar-refractivity contribution in [3.8, 4) is 0 Å². The first-order chi connectivity index (χ1) is 14.9. The first kappa shape index (κ1) is 20.3. The van der Waals surface area contributed by atoms with Crippen LogP contribution in [0.5, 0.6) is 0 Å². The molecule has 1 aliphatic heterocycles. The predicted molar refractivity (Wildman–Crippen MR) is 116 cm³/mol. The van der Waals surface area contributed by atoms with Crippen LogP contribution in [-0.2, 0) is 9.59 Å². The molecule has 1 amide bonds. The van der Waals surface area contributed by atoms with Crippen LogP contribution in [0.4, 0.5) is 11.4 Å². The zero-order valence-corrected chi connectivity index (χ0v) is 16.7. The van der Waals surface area contributed by atoms with E-state index in [1.165, 1.54) is 24.3 Å². The fourth-order valence-electron chi connectivity index (χ4n) is 3.66. The molecule has 1 fully saturated rings. The Bertz CT molecular complexity index is 1240. The van der Waals surface area contributed by atoms with Gasteiger partial charge >= 0.3 is 0 Å². The molecule has 3 aromatic carbocycles. The van der Waals surface area contributed by atoms with Gasteiger partial charge in [-0.25, -0.2) is 0 Å². The summed E-state index contributed by atoms with van der Waals surface area (Å²) in [7, 11) is 0. The molecule has 1 saturated heterocycles. The number of rotatable bonds is 4. The van der Waals surface area contributed by atoms with Crippen LogP contribution < -0.4 is 4.90 Å². The highest BCUT2D eigenvalue weighted by atomic mass is 35.5. The first-order valence-electron chi connectivity index (χ1n) is 9.25. The summed E-state index contributed by atoms with van der Waals surface area (Å²) in [5, 5.41) is 23.0. The molecule has 0 saturated carbocycles. The molecule has 154 valence electrons. The topological polar surface area (TPSA) is 101 Å². The Morgan fingerprint density at radius 3 is 2.32 bits per heavy atom. The van der Waals surface area contributed by atoms with Crippen molar-refractivity contribution in [1.82, 2.24) is 0 Å². The van der Waals surface area contributed by atoms with Crippen molar-refractivity contribution < 1.29 is 19.6 Å². The molecule has 8 heteroatoms. The number of carbonyl (C=O) groups is 2. The van der Waals surface area contributed by atoms with E-state index in [0.717, 1.165) is 4.90 Å². The Kier molecular flexibility index (Phi) is 5.27. The summed E-state index contributed by atoms with van der Waals surface area (Å²) >= 11 is 6.09. The van der Waals surface area contributed by atoms with Gasteiger partial charge in [0.05, 0.1) is 16.1 Å². The summed E-state index contributed by atoms with van der Waals surface area (Å²) in [5.41, 5.74) is 0.190. The Morgan fingerprint density at radius 1 is 0.968 bits per heavy atom. The maximum absolute atomic E-state index is 13.0.